The molecule has 0 N–H and O–H groups in total. The summed E-state index contributed by atoms with van der Waals surface area (Å²) in [5.41, 5.74) is 1.09. The van der Waals surface area contributed by atoms with Crippen LogP contribution in [0, 0.1) is 0 Å². The summed E-state index contributed by atoms with van der Waals surface area (Å²) in [5, 5.41) is 2.12. The monoisotopic (exact) mass is 288 g/mol. The largest absolute Gasteiger partial charge is 0.354 e. The van der Waals surface area contributed by atoms with E-state index in [2.05, 4.69) is 31.2 Å². The molecule has 0 saturated carbocycles. The lowest BCUT2D eigenvalue weighted by molar-refractivity contribution is 0.215. The molecule has 0 radical (unpaired) electrons. The summed E-state index contributed by atoms with van der Waals surface area (Å²) in [6.45, 7) is 4.84. The Hall–Kier alpha value is -1.20. The minimum absolute atomic E-state index is 0.719. The molecule has 5 heteroatoms. The van der Waals surface area contributed by atoms with E-state index in [1.165, 1.54) is 43.5 Å². The lowest BCUT2D eigenvalue weighted by atomic mass is 10.0. The van der Waals surface area contributed by atoms with Crippen molar-refractivity contribution in [3.05, 3.63) is 17.8 Å². The average molecular weight is 288 g/mol. The molecule has 1 unspecified atom stereocenters. The number of anilines is 1. The maximum atomic E-state index is 4.57. The number of hydrogen-bond donors (Lipinski definition) is 0. The van der Waals surface area contributed by atoms with Gasteiger partial charge in [-0.1, -0.05) is 0 Å². The minimum atomic E-state index is 0.719. The van der Waals surface area contributed by atoms with Gasteiger partial charge in [-0.3, -0.25) is 4.90 Å². The van der Waals surface area contributed by atoms with Crippen LogP contribution in [0.2, 0.25) is 0 Å². The summed E-state index contributed by atoms with van der Waals surface area (Å²) in [6.07, 6.45) is 7.08. The van der Waals surface area contributed by atoms with Gasteiger partial charge in [-0.05, 0) is 50.2 Å². The zero-order valence-corrected chi connectivity index (χ0v) is 12.5. The van der Waals surface area contributed by atoms with Gasteiger partial charge in [-0.15, -0.1) is 11.3 Å². The molecule has 106 valence electrons. The van der Waals surface area contributed by atoms with Gasteiger partial charge < -0.3 is 4.90 Å². The quantitative estimate of drug-likeness (QED) is 0.850. The molecular formula is C15H20N4S. The molecule has 2 aliphatic heterocycles. The molecule has 4 nitrogen and oxygen atoms in total. The fourth-order valence-electron chi connectivity index (χ4n) is 3.55. The Morgan fingerprint density at radius 2 is 2.00 bits per heavy atom. The molecule has 4 heterocycles. The van der Waals surface area contributed by atoms with E-state index in [0.717, 1.165) is 30.5 Å². The molecule has 0 spiro atoms. The molecule has 2 aromatic heterocycles. The third-order valence-corrected chi connectivity index (χ3v) is 5.48. The molecular weight excluding hydrogens is 268 g/mol. The Kier molecular flexibility index (Phi) is 3.32. The van der Waals surface area contributed by atoms with Crippen LogP contribution in [0.5, 0.6) is 0 Å². The molecule has 4 rings (SSSR count). The van der Waals surface area contributed by atoms with Gasteiger partial charge >= 0.3 is 0 Å². The van der Waals surface area contributed by atoms with Gasteiger partial charge in [0.15, 0.2) is 0 Å². The second-order valence-electron chi connectivity index (χ2n) is 5.82. The average Bonchev–Trinajstić information content (AvgIpc) is 3.18. The van der Waals surface area contributed by atoms with Crippen molar-refractivity contribution in [2.24, 2.45) is 0 Å². The Morgan fingerprint density at radius 3 is 2.90 bits per heavy atom. The lowest BCUT2D eigenvalue weighted by Gasteiger charge is -2.38. The zero-order valence-electron chi connectivity index (χ0n) is 11.7. The molecule has 2 saturated heterocycles. The van der Waals surface area contributed by atoms with Gasteiger partial charge in [0, 0.05) is 19.1 Å². The minimum Gasteiger partial charge on any atom is -0.354 e. The molecule has 0 aliphatic carbocycles. The van der Waals surface area contributed by atoms with Crippen LogP contribution in [0.15, 0.2) is 17.8 Å². The molecule has 0 aromatic carbocycles. The Morgan fingerprint density at radius 1 is 1.10 bits per heavy atom. The number of nitrogens with zero attached hydrogens (tertiary/aromatic N) is 4. The highest BCUT2D eigenvalue weighted by atomic mass is 32.1. The van der Waals surface area contributed by atoms with Crippen molar-refractivity contribution in [1.82, 2.24) is 14.9 Å². The van der Waals surface area contributed by atoms with Crippen LogP contribution in [0.4, 0.5) is 5.82 Å². The van der Waals surface area contributed by atoms with Crippen LogP contribution in [-0.4, -0.2) is 47.1 Å². The van der Waals surface area contributed by atoms with E-state index in [1.807, 2.05) is 0 Å². The summed E-state index contributed by atoms with van der Waals surface area (Å²) in [4.78, 5) is 14.1. The fraction of sp³-hybridized carbons (Fsp3) is 0.600. The van der Waals surface area contributed by atoms with Crippen molar-refractivity contribution in [3.8, 4) is 0 Å². The number of aromatic nitrogens is 2. The molecule has 20 heavy (non-hydrogen) atoms. The normalized spacial score (nSPS) is 24.6. The molecule has 2 fully saturated rings. The molecule has 0 amide bonds. The third-order valence-electron chi connectivity index (χ3n) is 4.58. The smallest absolute Gasteiger partial charge is 0.150 e. The number of hydrogen-bond acceptors (Lipinski definition) is 5. The van der Waals surface area contributed by atoms with Crippen LogP contribution in [0.3, 0.4) is 0 Å². The summed E-state index contributed by atoms with van der Waals surface area (Å²) < 4.78 is 1.24. The molecule has 1 atom stereocenters. The number of likely N-dealkylation sites (tertiary alicyclic amines) is 1. The Bertz CT molecular complexity index is 590. The predicted octanol–water partition coefficient (Wildman–Crippen LogP) is 2.76. The van der Waals surface area contributed by atoms with Crippen molar-refractivity contribution in [3.63, 3.8) is 0 Å². The van der Waals surface area contributed by atoms with Crippen molar-refractivity contribution >= 4 is 27.4 Å². The van der Waals surface area contributed by atoms with Crippen molar-refractivity contribution in [2.45, 2.75) is 31.7 Å². The van der Waals surface area contributed by atoms with E-state index in [1.54, 1.807) is 17.7 Å². The van der Waals surface area contributed by atoms with Crippen LogP contribution in [-0.2, 0) is 0 Å². The van der Waals surface area contributed by atoms with Crippen molar-refractivity contribution in [2.75, 3.05) is 31.1 Å². The summed E-state index contributed by atoms with van der Waals surface area (Å²) in [7, 11) is 0. The van der Waals surface area contributed by atoms with Crippen LogP contribution in [0.1, 0.15) is 25.7 Å². The van der Waals surface area contributed by atoms with Crippen molar-refractivity contribution < 1.29 is 0 Å². The maximum Gasteiger partial charge on any atom is 0.150 e. The van der Waals surface area contributed by atoms with E-state index in [0.29, 0.717) is 0 Å². The van der Waals surface area contributed by atoms with E-state index in [4.69, 9.17) is 0 Å². The zero-order chi connectivity index (χ0) is 13.4. The maximum absolute atomic E-state index is 4.57. The van der Waals surface area contributed by atoms with Gasteiger partial charge in [-0.25, -0.2) is 9.97 Å². The highest BCUT2D eigenvalue weighted by Crippen LogP contribution is 2.31. The first-order valence-corrected chi connectivity index (χ1v) is 8.47. The first-order valence-electron chi connectivity index (χ1n) is 7.59. The van der Waals surface area contributed by atoms with Crippen LogP contribution < -0.4 is 4.90 Å². The highest BCUT2D eigenvalue weighted by Gasteiger charge is 2.28. The fourth-order valence-corrected chi connectivity index (χ4v) is 4.41. The summed E-state index contributed by atoms with van der Waals surface area (Å²) in [5.74, 6) is 1.15. The SMILES string of the molecule is c1nc(N2CCCC(N3CCCC3)C2)c2sccc2n1. The Balaban J connectivity index is 1.59. The first-order chi connectivity index (χ1) is 9.92. The third kappa shape index (κ3) is 2.19. The number of piperidine rings is 1. The van der Waals surface area contributed by atoms with E-state index in [-0.39, 0.29) is 0 Å². The molecule has 2 aromatic rings. The second kappa shape index (κ2) is 5.30. The Labute approximate surface area is 123 Å². The topological polar surface area (TPSA) is 32.3 Å². The van der Waals surface area contributed by atoms with E-state index in [9.17, 15) is 0 Å². The standard InChI is InChI=1S/C15H20N4S/c1-2-7-18(6-1)12-4-3-8-19(10-12)15-14-13(5-9-20-14)16-11-17-15/h5,9,11-12H,1-4,6-8,10H2. The number of fused-ring (bicyclic) bond motifs is 1. The van der Waals surface area contributed by atoms with Gasteiger partial charge in [0.2, 0.25) is 0 Å². The number of rotatable bonds is 2. The van der Waals surface area contributed by atoms with Gasteiger partial charge in [0.1, 0.15) is 12.1 Å². The van der Waals surface area contributed by atoms with Gasteiger partial charge in [0.05, 0.1) is 10.2 Å². The van der Waals surface area contributed by atoms with Crippen molar-refractivity contribution in [1.29, 1.82) is 0 Å². The number of thiophene rings is 1. The van der Waals surface area contributed by atoms with Gasteiger partial charge in [0.25, 0.3) is 0 Å². The van der Waals surface area contributed by atoms with E-state index < -0.39 is 0 Å². The van der Waals surface area contributed by atoms with Crippen LogP contribution >= 0.6 is 11.3 Å². The molecule has 2 aliphatic rings. The summed E-state index contributed by atoms with van der Waals surface area (Å²) in [6, 6.07) is 2.81. The lowest BCUT2D eigenvalue weighted by Crippen LogP contribution is -2.47. The van der Waals surface area contributed by atoms with Crippen LogP contribution in [0.25, 0.3) is 10.2 Å². The second-order valence-corrected chi connectivity index (χ2v) is 6.73. The van der Waals surface area contributed by atoms with E-state index >= 15 is 0 Å². The van der Waals surface area contributed by atoms with Gasteiger partial charge in [-0.2, -0.15) is 0 Å². The first kappa shape index (κ1) is 12.5. The summed E-state index contributed by atoms with van der Waals surface area (Å²) >= 11 is 1.76. The highest BCUT2D eigenvalue weighted by molar-refractivity contribution is 7.17. The predicted molar refractivity (Wildman–Crippen MR) is 83.5 cm³/mol. The molecule has 0 bridgehead atoms.